The van der Waals surface area contributed by atoms with E-state index in [0.717, 1.165) is 12.1 Å². The van der Waals surface area contributed by atoms with Crippen LogP contribution in [0.2, 0.25) is 0 Å². The molecule has 0 aromatic heterocycles. The molecule has 2 N–H and O–H groups in total. The molecule has 0 amide bonds. The van der Waals surface area contributed by atoms with Crippen molar-refractivity contribution in [1.29, 1.82) is 0 Å². The lowest BCUT2D eigenvalue weighted by molar-refractivity contribution is -0.137. The van der Waals surface area contributed by atoms with Gasteiger partial charge in [-0.2, -0.15) is 13.2 Å². The average Bonchev–Trinajstić information content (AvgIpc) is 2.38. The van der Waals surface area contributed by atoms with Gasteiger partial charge < -0.3 is 5.73 Å². The van der Waals surface area contributed by atoms with Crippen molar-refractivity contribution in [1.82, 2.24) is 0 Å². The van der Waals surface area contributed by atoms with E-state index < -0.39 is 17.6 Å². The third kappa shape index (κ3) is 2.82. The van der Waals surface area contributed by atoms with Crippen LogP contribution in [0.4, 0.5) is 17.6 Å². The van der Waals surface area contributed by atoms with Gasteiger partial charge >= 0.3 is 6.18 Å². The van der Waals surface area contributed by atoms with Crippen molar-refractivity contribution in [2.75, 3.05) is 0 Å². The highest BCUT2D eigenvalue weighted by Crippen LogP contribution is 2.33. The lowest BCUT2D eigenvalue weighted by Gasteiger charge is -2.12. The Labute approximate surface area is 114 Å². The van der Waals surface area contributed by atoms with Gasteiger partial charge in [-0.3, -0.25) is 0 Å². The molecule has 20 heavy (non-hydrogen) atoms. The van der Waals surface area contributed by atoms with Crippen LogP contribution in [0.3, 0.4) is 0 Å². The van der Waals surface area contributed by atoms with E-state index in [4.69, 9.17) is 5.73 Å². The van der Waals surface area contributed by atoms with Gasteiger partial charge in [0.25, 0.3) is 0 Å². The second-order valence-electron chi connectivity index (χ2n) is 4.54. The van der Waals surface area contributed by atoms with Gasteiger partial charge in [0.1, 0.15) is 5.82 Å². The maximum absolute atomic E-state index is 13.4. The zero-order valence-electron chi connectivity index (χ0n) is 10.8. The lowest BCUT2D eigenvalue weighted by Crippen LogP contribution is -2.05. The second kappa shape index (κ2) is 5.25. The highest BCUT2D eigenvalue weighted by molar-refractivity contribution is 5.68. The van der Waals surface area contributed by atoms with Gasteiger partial charge in [0.05, 0.1) is 5.56 Å². The quantitative estimate of drug-likeness (QED) is 0.818. The molecule has 0 aliphatic carbocycles. The summed E-state index contributed by atoms with van der Waals surface area (Å²) < 4.78 is 51.2. The molecule has 5 heteroatoms. The Bertz CT molecular complexity index is 632. The number of rotatable bonds is 2. The van der Waals surface area contributed by atoms with E-state index in [2.05, 4.69) is 0 Å². The van der Waals surface area contributed by atoms with E-state index in [0.29, 0.717) is 22.3 Å². The highest BCUT2D eigenvalue weighted by Gasteiger charge is 2.30. The first-order valence-corrected chi connectivity index (χ1v) is 5.99. The standard InChI is InChI=1S/C15H13F4N/c1-9-6-12(15(17,18)19)3-4-13(9)10-2-5-14(16)11(7-10)8-20/h2-7H,8,20H2,1H3. The number of hydrogen-bond donors (Lipinski definition) is 1. The van der Waals surface area contributed by atoms with Crippen LogP contribution in [-0.4, -0.2) is 0 Å². The van der Waals surface area contributed by atoms with Crippen LogP contribution in [0.15, 0.2) is 36.4 Å². The normalized spacial score (nSPS) is 11.7. The molecule has 1 nitrogen and oxygen atoms in total. The van der Waals surface area contributed by atoms with Crippen LogP contribution in [0.25, 0.3) is 11.1 Å². The van der Waals surface area contributed by atoms with Gasteiger partial charge in [-0.15, -0.1) is 0 Å². The summed E-state index contributed by atoms with van der Waals surface area (Å²) in [7, 11) is 0. The van der Waals surface area contributed by atoms with Crippen molar-refractivity contribution in [2.24, 2.45) is 5.73 Å². The molecule has 0 unspecified atom stereocenters. The van der Waals surface area contributed by atoms with Crippen LogP contribution < -0.4 is 5.73 Å². The third-order valence-electron chi connectivity index (χ3n) is 3.13. The maximum Gasteiger partial charge on any atom is 0.416 e. The van der Waals surface area contributed by atoms with E-state index in [1.807, 2.05) is 0 Å². The molecule has 0 atom stereocenters. The number of hydrogen-bond acceptors (Lipinski definition) is 1. The summed E-state index contributed by atoms with van der Waals surface area (Å²) in [5.41, 5.74) is 6.83. The fourth-order valence-electron chi connectivity index (χ4n) is 2.06. The number of aryl methyl sites for hydroxylation is 1. The zero-order valence-corrected chi connectivity index (χ0v) is 10.8. The van der Waals surface area contributed by atoms with Crippen molar-refractivity contribution < 1.29 is 17.6 Å². The number of benzene rings is 2. The van der Waals surface area contributed by atoms with Crippen molar-refractivity contribution in [3.8, 4) is 11.1 Å². The topological polar surface area (TPSA) is 26.0 Å². The Morgan fingerprint density at radius 2 is 1.75 bits per heavy atom. The number of alkyl halides is 3. The van der Waals surface area contributed by atoms with E-state index >= 15 is 0 Å². The summed E-state index contributed by atoms with van der Waals surface area (Å²) in [6, 6.07) is 7.87. The smallest absolute Gasteiger partial charge is 0.326 e. The number of halogens is 4. The molecule has 0 fully saturated rings. The fraction of sp³-hybridized carbons (Fsp3) is 0.200. The zero-order chi connectivity index (χ0) is 14.9. The van der Waals surface area contributed by atoms with Crippen LogP contribution in [0.5, 0.6) is 0 Å². The van der Waals surface area contributed by atoms with Crippen molar-refractivity contribution in [3.63, 3.8) is 0 Å². The Balaban J connectivity index is 2.49. The summed E-state index contributed by atoms with van der Waals surface area (Å²) in [6.07, 6.45) is -4.37. The Morgan fingerprint density at radius 3 is 2.30 bits per heavy atom. The van der Waals surface area contributed by atoms with Gasteiger partial charge in [-0.1, -0.05) is 12.1 Å². The molecule has 0 spiro atoms. The minimum atomic E-state index is -4.37. The predicted molar refractivity (Wildman–Crippen MR) is 69.5 cm³/mol. The van der Waals surface area contributed by atoms with Crippen molar-refractivity contribution in [2.45, 2.75) is 19.6 Å². The summed E-state index contributed by atoms with van der Waals surface area (Å²) in [5, 5.41) is 0. The van der Waals surface area contributed by atoms with E-state index in [1.54, 1.807) is 13.0 Å². The summed E-state index contributed by atoms with van der Waals surface area (Å²) >= 11 is 0. The van der Waals surface area contributed by atoms with Crippen LogP contribution in [0, 0.1) is 12.7 Å². The molecule has 0 aliphatic heterocycles. The lowest BCUT2D eigenvalue weighted by atomic mass is 9.97. The maximum atomic E-state index is 13.4. The van der Waals surface area contributed by atoms with Crippen LogP contribution in [0.1, 0.15) is 16.7 Å². The molecule has 106 valence electrons. The highest BCUT2D eigenvalue weighted by atomic mass is 19.4. The Kier molecular flexibility index (Phi) is 3.81. The summed E-state index contributed by atoms with van der Waals surface area (Å²) in [6.45, 7) is 1.63. The minimum absolute atomic E-state index is 0.0410. The van der Waals surface area contributed by atoms with E-state index in [-0.39, 0.29) is 6.54 Å². The second-order valence-corrected chi connectivity index (χ2v) is 4.54. The summed E-state index contributed by atoms with van der Waals surface area (Å²) in [4.78, 5) is 0. The van der Waals surface area contributed by atoms with Crippen molar-refractivity contribution in [3.05, 3.63) is 58.9 Å². The molecule has 0 heterocycles. The molecule has 2 rings (SSSR count). The molecule has 0 radical (unpaired) electrons. The molecule has 0 aliphatic rings. The molecule has 0 saturated heterocycles. The van der Waals surface area contributed by atoms with Gasteiger partial charge in [0, 0.05) is 12.1 Å². The molecule has 2 aromatic rings. The molecular weight excluding hydrogens is 270 g/mol. The number of nitrogens with two attached hydrogens (primary N) is 1. The van der Waals surface area contributed by atoms with Crippen LogP contribution >= 0.6 is 0 Å². The van der Waals surface area contributed by atoms with E-state index in [9.17, 15) is 17.6 Å². The molecule has 2 aromatic carbocycles. The van der Waals surface area contributed by atoms with Crippen LogP contribution in [-0.2, 0) is 12.7 Å². The summed E-state index contributed by atoms with van der Waals surface area (Å²) in [5.74, 6) is -0.416. The first-order valence-electron chi connectivity index (χ1n) is 5.99. The third-order valence-corrected chi connectivity index (χ3v) is 3.13. The van der Waals surface area contributed by atoms with Gasteiger partial charge in [0.15, 0.2) is 0 Å². The van der Waals surface area contributed by atoms with Gasteiger partial charge in [-0.25, -0.2) is 4.39 Å². The monoisotopic (exact) mass is 283 g/mol. The predicted octanol–water partition coefficient (Wildman–Crippen LogP) is 4.28. The Hall–Kier alpha value is -1.88. The van der Waals surface area contributed by atoms with Gasteiger partial charge in [0.2, 0.25) is 0 Å². The first kappa shape index (κ1) is 14.5. The molecule has 0 bridgehead atoms. The molecular formula is C15H13F4N. The van der Waals surface area contributed by atoms with Crippen molar-refractivity contribution >= 4 is 0 Å². The largest absolute Gasteiger partial charge is 0.416 e. The molecule has 0 saturated carbocycles. The SMILES string of the molecule is Cc1cc(C(F)(F)F)ccc1-c1ccc(F)c(CN)c1. The minimum Gasteiger partial charge on any atom is -0.326 e. The average molecular weight is 283 g/mol. The van der Waals surface area contributed by atoms with E-state index in [1.165, 1.54) is 18.2 Å². The Morgan fingerprint density at radius 1 is 1.05 bits per heavy atom. The van der Waals surface area contributed by atoms with Gasteiger partial charge in [-0.05, 0) is 47.9 Å². The fourth-order valence-corrected chi connectivity index (χ4v) is 2.06. The first-order chi connectivity index (χ1) is 9.32.